The number of carbonyl (C=O) groups is 3. The van der Waals surface area contributed by atoms with Crippen LogP contribution >= 0.6 is 11.7 Å². The first-order valence-corrected chi connectivity index (χ1v) is 16.6. The molecule has 14 nitrogen and oxygen atoms in total. The number of hydrogen-bond acceptors (Lipinski definition) is 13. The number of nitrogens with one attached hydrogen (secondary N) is 1. The molecule has 0 radical (unpaired) electrons. The predicted octanol–water partition coefficient (Wildman–Crippen LogP) is 4.84. The number of hydrazine groups is 1. The summed E-state index contributed by atoms with van der Waals surface area (Å²) in [7, 11) is 1.38. The average molecular weight is 705 g/mol. The third-order valence-electron chi connectivity index (χ3n) is 7.30. The van der Waals surface area contributed by atoms with Crippen LogP contribution in [0.3, 0.4) is 0 Å². The Morgan fingerprint density at radius 1 is 0.920 bits per heavy atom. The number of ether oxygens (including phenoxy) is 4. The standard InChI is InChI=1S/C25H26N4O6S.C10H14N2O2/c1-3-11-34-23-19(12-16-9-10-20-21(13-16)28-36-27-20)24(35-25(32)33-4-2)29(26-23)15-18-8-6-5-7-17(18)14-22(30)31;1-14-10(13)6-8-4-2-3-5-9(8)7-12-11/h5-10,13H,3-4,11-12,14-15H2,1-2H3,(H,30,31);2-5,12H,6-7,11H2,1H3. The fourth-order valence-corrected chi connectivity index (χ4v) is 5.48. The number of aromatic nitrogens is 4. The number of hydrogen-bond donors (Lipinski definition) is 3. The van der Waals surface area contributed by atoms with Crippen LogP contribution in [-0.2, 0) is 51.4 Å². The molecule has 0 aliphatic carbocycles. The highest BCUT2D eigenvalue weighted by atomic mass is 32.1. The summed E-state index contributed by atoms with van der Waals surface area (Å²) in [5.74, 6) is 4.56. The molecule has 0 atom stereocenters. The molecule has 50 heavy (non-hydrogen) atoms. The third kappa shape index (κ3) is 10.6. The van der Waals surface area contributed by atoms with E-state index in [1.165, 1.54) is 11.8 Å². The van der Waals surface area contributed by atoms with Gasteiger partial charge in [-0.1, -0.05) is 61.5 Å². The summed E-state index contributed by atoms with van der Waals surface area (Å²) in [5, 5.41) is 13.9. The highest BCUT2D eigenvalue weighted by molar-refractivity contribution is 7.00. The zero-order valence-corrected chi connectivity index (χ0v) is 28.9. The summed E-state index contributed by atoms with van der Waals surface area (Å²) < 4.78 is 31.3. The van der Waals surface area contributed by atoms with Gasteiger partial charge in [-0.05, 0) is 53.3 Å². The molecule has 0 bridgehead atoms. The first kappa shape index (κ1) is 37.4. The predicted molar refractivity (Wildman–Crippen MR) is 186 cm³/mol. The van der Waals surface area contributed by atoms with Crippen LogP contribution in [0.25, 0.3) is 11.0 Å². The Bertz CT molecular complexity index is 1890. The van der Waals surface area contributed by atoms with E-state index >= 15 is 0 Å². The first-order valence-electron chi connectivity index (χ1n) is 15.9. The van der Waals surface area contributed by atoms with Gasteiger partial charge >= 0.3 is 18.1 Å². The van der Waals surface area contributed by atoms with Crippen molar-refractivity contribution in [1.29, 1.82) is 0 Å². The lowest BCUT2D eigenvalue weighted by Crippen LogP contribution is -2.22. The molecule has 0 spiro atoms. The van der Waals surface area contributed by atoms with E-state index in [0.717, 1.165) is 51.4 Å². The van der Waals surface area contributed by atoms with E-state index in [1.807, 2.05) is 61.5 Å². The molecule has 0 saturated heterocycles. The fraction of sp³-hybridized carbons (Fsp3) is 0.314. The normalized spacial score (nSPS) is 10.6. The summed E-state index contributed by atoms with van der Waals surface area (Å²) in [6.07, 6.45) is 0.407. The minimum Gasteiger partial charge on any atom is -0.481 e. The smallest absolute Gasteiger partial charge is 0.481 e. The van der Waals surface area contributed by atoms with Gasteiger partial charge in [0.25, 0.3) is 0 Å². The summed E-state index contributed by atoms with van der Waals surface area (Å²) in [6, 6.07) is 20.5. The lowest BCUT2D eigenvalue weighted by Gasteiger charge is -2.12. The SMILES string of the molecule is CCCOc1nn(Cc2ccccc2CC(=O)O)c(OC(=O)OCC)c1Cc1ccc2nsnc2c1.COC(=O)Cc1ccccc1CNN. The van der Waals surface area contributed by atoms with Crippen molar-refractivity contribution < 1.29 is 38.4 Å². The minimum absolute atomic E-state index is 0.140. The monoisotopic (exact) mass is 704 g/mol. The number of nitrogens with zero attached hydrogens (tertiary/aromatic N) is 4. The summed E-state index contributed by atoms with van der Waals surface area (Å²) >= 11 is 1.14. The van der Waals surface area contributed by atoms with E-state index in [4.69, 9.17) is 20.1 Å². The molecule has 0 aliphatic heterocycles. The number of methoxy groups -OCH3 is 1. The highest BCUT2D eigenvalue weighted by Gasteiger charge is 2.25. The Morgan fingerprint density at radius 2 is 1.60 bits per heavy atom. The number of rotatable bonds is 15. The largest absolute Gasteiger partial charge is 0.515 e. The van der Waals surface area contributed by atoms with E-state index in [0.29, 0.717) is 36.6 Å². The van der Waals surface area contributed by atoms with E-state index in [2.05, 4.69) is 24.0 Å². The van der Waals surface area contributed by atoms with Crippen molar-refractivity contribution in [1.82, 2.24) is 24.0 Å². The molecule has 5 aromatic rings. The lowest BCUT2D eigenvalue weighted by atomic mass is 10.0. The second kappa shape index (κ2) is 19.0. The molecule has 15 heteroatoms. The number of aliphatic carboxylic acids is 1. The molecule has 0 unspecified atom stereocenters. The van der Waals surface area contributed by atoms with Crippen molar-refractivity contribution in [2.45, 2.75) is 52.6 Å². The van der Waals surface area contributed by atoms with Crippen LogP contribution in [0.5, 0.6) is 11.8 Å². The molecular formula is C35H40N6O8S. The molecule has 5 rings (SSSR count). The minimum atomic E-state index is -0.939. The molecule has 0 saturated carbocycles. The Kier molecular flexibility index (Phi) is 14.2. The Balaban J connectivity index is 0.000000337. The quantitative estimate of drug-likeness (QED) is 0.0763. The molecule has 0 aliphatic rings. The van der Waals surface area contributed by atoms with Crippen molar-refractivity contribution in [2.75, 3.05) is 20.3 Å². The number of carbonyl (C=O) groups excluding carboxylic acids is 2. The zero-order valence-electron chi connectivity index (χ0n) is 28.1. The second-order valence-corrected chi connectivity index (χ2v) is 11.4. The van der Waals surface area contributed by atoms with E-state index in [-0.39, 0.29) is 37.8 Å². The van der Waals surface area contributed by atoms with E-state index in [1.54, 1.807) is 19.1 Å². The van der Waals surface area contributed by atoms with Crippen LogP contribution in [0.2, 0.25) is 0 Å². The molecule has 3 aromatic carbocycles. The fourth-order valence-electron chi connectivity index (χ4n) is 4.97. The van der Waals surface area contributed by atoms with Gasteiger partial charge in [0, 0.05) is 13.0 Å². The number of esters is 1. The number of carboxylic acids is 1. The number of nitrogens with two attached hydrogens (primary N) is 1. The molecule has 4 N–H and O–H groups in total. The molecule has 2 aromatic heterocycles. The highest BCUT2D eigenvalue weighted by Crippen LogP contribution is 2.33. The maximum absolute atomic E-state index is 12.4. The zero-order chi connectivity index (χ0) is 35.9. The maximum atomic E-state index is 12.4. The van der Waals surface area contributed by atoms with Gasteiger partial charge in [0.05, 0.1) is 57.0 Å². The Labute approximate surface area is 293 Å². The average Bonchev–Trinajstić information content (AvgIpc) is 3.69. The van der Waals surface area contributed by atoms with Crippen molar-refractivity contribution >= 4 is 40.9 Å². The van der Waals surface area contributed by atoms with Gasteiger partial charge in [-0.15, -0.1) is 5.10 Å². The number of fused-ring (bicyclic) bond motifs is 1. The van der Waals surface area contributed by atoms with Gasteiger partial charge in [-0.25, -0.2) is 9.48 Å². The van der Waals surface area contributed by atoms with Crippen molar-refractivity contribution in [3.05, 3.63) is 100 Å². The second-order valence-electron chi connectivity index (χ2n) is 10.9. The van der Waals surface area contributed by atoms with Gasteiger partial charge in [-0.2, -0.15) is 8.75 Å². The summed E-state index contributed by atoms with van der Waals surface area (Å²) in [5.41, 5.74) is 8.97. The van der Waals surface area contributed by atoms with Gasteiger partial charge < -0.3 is 24.1 Å². The first-order chi connectivity index (χ1) is 24.3. The number of benzene rings is 3. The Morgan fingerprint density at radius 3 is 2.26 bits per heavy atom. The summed E-state index contributed by atoms with van der Waals surface area (Å²) in [6.45, 7) is 4.97. The van der Waals surface area contributed by atoms with Crippen molar-refractivity contribution in [2.24, 2.45) is 5.84 Å². The van der Waals surface area contributed by atoms with Gasteiger partial charge in [0.15, 0.2) is 0 Å². The maximum Gasteiger partial charge on any atom is 0.515 e. The number of carboxylic acid groups (broad SMARTS) is 1. The van der Waals surface area contributed by atoms with E-state index < -0.39 is 12.1 Å². The molecular weight excluding hydrogens is 664 g/mol. The van der Waals surface area contributed by atoms with Crippen LogP contribution in [0.15, 0.2) is 66.7 Å². The van der Waals surface area contributed by atoms with Crippen molar-refractivity contribution in [3.63, 3.8) is 0 Å². The molecule has 0 fully saturated rings. The van der Waals surface area contributed by atoms with Crippen LogP contribution < -0.4 is 20.7 Å². The Hall–Kier alpha value is -5.38. The van der Waals surface area contributed by atoms with Crippen molar-refractivity contribution in [3.8, 4) is 11.8 Å². The van der Waals surface area contributed by atoms with Gasteiger partial charge in [0.1, 0.15) is 11.0 Å². The van der Waals surface area contributed by atoms with Gasteiger partial charge in [0.2, 0.25) is 11.8 Å². The van der Waals surface area contributed by atoms with Gasteiger partial charge in [-0.3, -0.25) is 20.9 Å². The third-order valence-corrected chi connectivity index (χ3v) is 7.86. The van der Waals surface area contributed by atoms with Crippen LogP contribution in [0.1, 0.15) is 53.6 Å². The summed E-state index contributed by atoms with van der Waals surface area (Å²) in [4.78, 5) is 34.8. The van der Waals surface area contributed by atoms with Crippen LogP contribution in [0.4, 0.5) is 4.79 Å². The topological polar surface area (TPSA) is 190 Å². The van der Waals surface area contributed by atoms with Crippen LogP contribution in [0, 0.1) is 0 Å². The van der Waals surface area contributed by atoms with Crippen LogP contribution in [-0.4, -0.2) is 62.1 Å². The molecule has 264 valence electrons. The molecule has 0 amide bonds. The lowest BCUT2D eigenvalue weighted by molar-refractivity contribution is -0.140. The molecule has 2 heterocycles. The van der Waals surface area contributed by atoms with E-state index in [9.17, 15) is 19.5 Å².